The maximum atomic E-state index is 5.56. The first-order chi connectivity index (χ1) is 9.33. The van der Waals surface area contributed by atoms with Crippen LogP contribution in [0.25, 0.3) is 0 Å². The number of nitrogens with one attached hydrogen (secondary N) is 1. The van der Waals surface area contributed by atoms with Gasteiger partial charge in [0.2, 0.25) is 0 Å². The van der Waals surface area contributed by atoms with E-state index in [9.17, 15) is 0 Å². The zero-order chi connectivity index (χ0) is 13.5. The molecule has 3 atom stereocenters. The highest BCUT2D eigenvalue weighted by Crippen LogP contribution is 2.21. The second-order valence-corrected chi connectivity index (χ2v) is 6.05. The van der Waals surface area contributed by atoms with Crippen LogP contribution in [0.3, 0.4) is 0 Å². The van der Waals surface area contributed by atoms with Gasteiger partial charge in [-0.3, -0.25) is 0 Å². The first-order valence-electron chi connectivity index (χ1n) is 7.86. The highest BCUT2D eigenvalue weighted by Gasteiger charge is 2.30. The Bertz CT molecular complexity index is 244. The van der Waals surface area contributed by atoms with E-state index in [1.807, 2.05) is 7.11 Å². The zero-order valence-corrected chi connectivity index (χ0v) is 12.6. The molecule has 112 valence electrons. The third-order valence-corrected chi connectivity index (χ3v) is 4.42. The number of methoxy groups -OCH3 is 1. The van der Waals surface area contributed by atoms with Gasteiger partial charge in [-0.05, 0) is 38.3 Å². The fourth-order valence-corrected chi connectivity index (χ4v) is 3.31. The lowest BCUT2D eigenvalue weighted by Crippen LogP contribution is -2.45. The highest BCUT2D eigenvalue weighted by molar-refractivity contribution is 4.85. The molecule has 0 bridgehead atoms. The molecule has 0 aromatic carbocycles. The summed E-state index contributed by atoms with van der Waals surface area (Å²) in [6, 6.07) is 0.601. The Kier molecular flexibility index (Phi) is 6.57. The molecule has 0 radical (unpaired) electrons. The first-order valence-corrected chi connectivity index (χ1v) is 7.86. The molecule has 0 saturated carbocycles. The SMILES string of the molecule is CCCNC(CN1CCC(COC)C1)C1CCOC1. The molecule has 2 saturated heterocycles. The van der Waals surface area contributed by atoms with E-state index in [4.69, 9.17) is 9.47 Å². The van der Waals surface area contributed by atoms with Gasteiger partial charge < -0.3 is 19.7 Å². The minimum atomic E-state index is 0.601. The van der Waals surface area contributed by atoms with Gasteiger partial charge in [0.05, 0.1) is 13.2 Å². The topological polar surface area (TPSA) is 33.7 Å². The van der Waals surface area contributed by atoms with Crippen LogP contribution in [0.4, 0.5) is 0 Å². The van der Waals surface area contributed by atoms with Crippen LogP contribution in [0.15, 0.2) is 0 Å². The summed E-state index contributed by atoms with van der Waals surface area (Å²) < 4.78 is 10.8. The molecule has 3 unspecified atom stereocenters. The molecule has 0 aromatic rings. The van der Waals surface area contributed by atoms with Gasteiger partial charge in [-0.2, -0.15) is 0 Å². The number of ether oxygens (including phenoxy) is 2. The van der Waals surface area contributed by atoms with Gasteiger partial charge in [0.1, 0.15) is 0 Å². The van der Waals surface area contributed by atoms with Crippen LogP contribution in [-0.4, -0.2) is 64.1 Å². The van der Waals surface area contributed by atoms with Crippen molar-refractivity contribution in [2.75, 3.05) is 53.1 Å². The van der Waals surface area contributed by atoms with Crippen molar-refractivity contribution < 1.29 is 9.47 Å². The lowest BCUT2D eigenvalue weighted by atomic mass is 9.98. The summed E-state index contributed by atoms with van der Waals surface area (Å²) in [6.45, 7) is 9.76. The van der Waals surface area contributed by atoms with Gasteiger partial charge >= 0.3 is 0 Å². The fourth-order valence-electron chi connectivity index (χ4n) is 3.31. The van der Waals surface area contributed by atoms with Crippen molar-refractivity contribution in [3.63, 3.8) is 0 Å². The predicted octanol–water partition coefficient (Wildman–Crippen LogP) is 1.36. The minimum absolute atomic E-state index is 0.601. The van der Waals surface area contributed by atoms with E-state index in [0.29, 0.717) is 12.0 Å². The summed E-state index contributed by atoms with van der Waals surface area (Å²) in [5.74, 6) is 1.43. The quantitative estimate of drug-likeness (QED) is 0.722. The normalized spacial score (nSPS) is 30.0. The summed E-state index contributed by atoms with van der Waals surface area (Å²) in [5.41, 5.74) is 0. The van der Waals surface area contributed by atoms with Gasteiger partial charge in [0.25, 0.3) is 0 Å². The molecule has 0 spiro atoms. The smallest absolute Gasteiger partial charge is 0.0510 e. The Morgan fingerprint density at radius 2 is 2.32 bits per heavy atom. The van der Waals surface area contributed by atoms with Crippen molar-refractivity contribution >= 4 is 0 Å². The third-order valence-electron chi connectivity index (χ3n) is 4.42. The van der Waals surface area contributed by atoms with Crippen LogP contribution in [0.2, 0.25) is 0 Å². The standard InChI is InChI=1S/C15H30N2O2/c1-3-6-16-15(14-5-8-19-12-14)10-17-7-4-13(9-17)11-18-2/h13-16H,3-12H2,1-2H3. The number of nitrogens with zero attached hydrogens (tertiary/aromatic N) is 1. The molecule has 2 aliphatic heterocycles. The lowest BCUT2D eigenvalue weighted by Gasteiger charge is -2.28. The van der Waals surface area contributed by atoms with Gasteiger partial charge in [0.15, 0.2) is 0 Å². The second kappa shape index (κ2) is 8.20. The largest absolute Gasteiger partial charge is 0.384 e. The Morgan fingerprint density at radius 1 is 1.42 bits per heavy atom. The maximum Gasteiger partial charge on any atom is 0.0510 e. The van der Waals surface area contributed by atoms with Crippen molar-refractivity contribution in [3.8, 4) is 0 Å². The monoisotopic (exact) mass is 270 g/mol. The lowest BCUT2D eigenvalue weighted by molar-refractivity contribution is 0.146. The molecule has 2 aliphatic rings. The average Bonchev–Trinajstić information content (AvgIpc) is 3.06. The molecule has 1 N–H and O–H groups in total. The Hall–Kier alpha value is -0.160. The second-order valence-electron chi connectivity index (χ2n) is 6.05. The molecule has 19 heavy (non-hydrogen) atoms. The number of hydrogen-bond acceptors (Lipinski definition) is 4. The van der Waals surface area contributed by atoms with Gasteiger partial charge in [-0.1, -0.05) is 6.92 Å². The summed E-state index contributed by atoms with van der Waals surface area (Å²) >= 11 is 0. The van der Waals surface area contributed by atoms with Crippen LogP contribution in [-0.2, 0) is 9.47 Å². The van der Waals surface area contributed by atoms with E-state index >= 15 is 0 Å². The molecule has 2 fully saturated rings. The Morgan fingerprint density at radius 3 is 3.00 bits per heavy atom. The van der Waals surface area contributed by atoms with Crippen molar-refractivity contribution in [2.24, 2.45) is 11.8 Å². The fraction of sp³-hybridized carbons (Fsp3) is 1.00. The van der Waals surface area contributed by atoms with E-state index in [2.05, 4.69) is 17.1 Å². The molecular weight excluding hydrogens is 240 g/mol. The molecule has 0 aromatic heterocycles. The van der Waals surface area contributed by atoms with Gasteiger partial charge in [-0.25, -0.2) is 0 Å². The summed E-state index contributed by atoms with van der Waals surface area (Å²) in [4.78, 5) is 2.61. The van der Waals surface area contributed by atoms with Crippen molar-refractivity contribution in [3.05, 3.63) is 0 Å². The van der Waals surface area contributed by atoms with E-state index < -0.39 is 0 Å². The third kappa shape index (κ3) is 4.71. The molecule has 2 rings (SSSR count). The van der Waals surface area contributed by atoms with Gasteiger partial charge in [0, 0.05) is 38.8 Å². The van der Waals surface area contributed by atoms with Gasteiger partial charge in [-0.15, -0.1) is 0 Å². The summed E-state index contributed by atoms with van der Waals surface area (Å²) in [5, 5.41) is 3.73. The minimum Gasteiger partial charge on any atom is -0.384 e. The van der Waals surface area contributed by atoms with E-state index in [1.54, 1.807) is 0 Å². The number of likely N-dealkylation sites (tertiary alicyclic amines) is 1. The Balaban J connectivity index is 1.78. The molecule has 0 aliphatic carbocycles. The molecule has 2 heterocycles. The first kappa shape index (κ1) is 15.2. The van der Waals surface area contributed by atoms with Crippen LogP contribution in [0.1, 0.15) is 26.2 Å². The number of hydrogen-bond donors (Lipinski definition) is 1. The van der Waals surface area contributed by atoms with Crippen LogP contribution < -0.4 is 5.32 Å². The van der Waals surface area contributed by atoms with Crippen LogP contribution >= 0.6 is 0 Å². The molecule has 0 amide bonds. The van der Waals surface area contributed by atoms with E-state index in [-0.39, 0.29) is 0 Å². The maximum absolute atomic E-state index is 5.56. The summed E-state index contributed by atoms with van der Waals surface area (Å²) in [6.07, 6.45) is 3.71. The van der Waals surface area contributed by atoms with Crippen LogP contribution in [0, 0.1) is 11.8 Å². The number of rotatable bonds is 8. The van der Waals surface area contributed by atoms with Crippen molar-refractivity contribution in [1.29, 1.82) is 0 Å². The molecular formula is C15H30N2O2. The highest BCUT2D eigenvalue weighted by atomic mass is 16.5. The summed E-state index contributed by atoms with van der Waals surface area (Å²) in [7, 11) is 1.81. The van der Waals surface area contributed by atoms with E-state index in [1.165, 1.54) is 38.9 Å². The van der Waals surface area contributed by atoms with Crippen molar-refractivity contribution in [2.45, 2.75) is 32.2 Å². The average molecular weight is 270 g/mol. The Labute approximate surface area is 117 Å². The molecule has 4 nitrogen and oxygen atoms in total. The van der Waals surface area contributed by atoms with Crippen LogP contribution in [0.5, 0.6) is 0 Å². The zero-order valence-electron chi connectivity index (χ0n) is 12.6. The van der Waals surface area contributed by atoms with Crippen molar-refractivity contribution in [1.82, 2.24) is 10.2 Å². The predicted molar refractivity (Wildman–Crippen MR) is 77.4 cm³/mol. The molecule has 4 heteroatoms. The van der Waals surface area contributed by atoms with E-state index in [0.717, 1.165) is 32.3 Å².